The molecule has 0 saturated heterocycles. The average molecular weight is 309 g/mol. The molecule has 5 heteroatoms. The van der Waals surface area contributed by atoms with Gasteiger partial charge in [-0.05, 0) is 37.4 Å². The summed E-state index contributed by atoms with van der Waals surface area (Å²) in [6.07, 6.45) is 9.49. The third-order valence-electron chi connectivity index (χ3n) is 3.21. The number of nitrogens with one attached hydrogen (secondary N) is 1. The van der Waals surface area contributed by atoms with Gasteiger partial charge >= 0.3 is 0 Å². The van der Waals surface area contributed by atoms with Crippen molar-refractivity contribution in [2.75, 3.05) is 11.9 Å². The van der Waals surface area contributed by atoms with E-state index in [4.69, 9.17) is 4.74 Å². The van der Waals surface area contributed by atoms with Gasteiger partial charge < -0.3 is 10.1 Å². The number of aromatic nitrogens is 2. The number of rotatable bonds is 7. The van der Waals surface area contributed by atoms with Crippen LogP contribution in [0.1, 0.15) is 19.5 Å². The molecule has 0 saturated carbocycles. The molecule has 0 aliphatic rings. The summed E-state index contributed by atoms with van der Waals surface area (Å²) < 4.78 is 5.67. The molecular weight excluding hydrogens is 290 g/mol. The Hall–Kier alpha value is -2.95. The number of allylic oxidation sites excluding steroid dienone is 4. The lowest BCUT2D eigenvalue weighted by atomic mass is 10.1. The molecule has 2 heterocycles. The van der Waals surface area contributed by atoms with E-state index in [1.165, 1.54) is 0 Å². The van der Waals surface area contributed by atoms with Crippen LogP contribution in [0.5, 0.6) is 0 Å². The fourth-order valence-corrected chi connectivity index (χ4v) is 2.22. The van der Waals surface area contributed by atoms with E-state index in [0.29, 0.717) is 18.8 Å². The maximum atomic E-state index is 10.6. The van der Waals surface area contributed by atoms with Gasteiger partial charge in [0.15, 0.2) is 0 Å². The highest BCUT2D eigenvalue weighted by Gasteiger charge is 2.10. The molecule has 2 aromatic rings. The highest BCUT2D eigenvalue weighted by Crippen LogP contribution is 2.26. The van der Waals surface area contributed by atoms with Crippen molar-refractivity contribution in [3.05, 3.63) is 60.8 Å². The first-order valence-corrected chi connectivity index (χ1v) is 7.32. The van der Waals surface area contributed by atoms with Gasteiger partial charge in [0.05, 0.1) is 12.3 Å². The topological polar surface area (TPSA) is 64.1 Å². The van der Waals surface area contributed by atoms with Crippen molar-refractivity contribution in [2.45, 2.75) is 13.8 Å². The van der Waals surface area contributed by atoms with Crippen LogP contribution in [0.15, 0.2) is 55.1 Å². The Morgan fingerprint density at radius 3 is 2.74 bits per heavy atom. The molecule has 0 bridgehead atoms. The van der Waals surface area contributed by atoms with Crippen LogP contribution in [0.3, 0.4) is 0 Å². The van der Waals surface area contributed by atoms with E-state index in [0.717, 1.165) is 27.8 Å². The zero-order chi connectivity index (χ0) is 16.7. The molecule has 0 radical (unpaired) electrons. The summed E-state index contributed by atoms with van der Waals surface area (Å²) in [6, 6.07) is 3.75. The number of carbonyl (C=O) groups excluding carboxylic acids is 1. The van der Waals surface area contributed by atoms with E-state index in [-0.39, 0.29) is 0 Å². The van der Waals surface area contributed by atoms with Gasteiger partial charge in [0.2, 0.25) is 6.41 Å². The molecule has 0 aliphatic carbocycles. The van der Waals surface area contributed by atoms with E-state index >= 15 is 0 Å². The van der Waals surface area contributed by atoms with Gasteiger partial charge in [0, 0.05) is 23.4 Å². The second-order valence-corrected chi connectivity index (χ2v) is 4.65. The average Bonchev–Trinajstić information content (AvgIpc) is 2.56. The van der Waals surface area contributed by atoms with Crippen molar-refractivity contribution in [2.24, 2.45) is 0 Å². The summed E-state index contributed by atoms with van der Waals surface area (Å²) in [7, 11) is 0. The second kappa shape index (κ2) is 7.89. The number of carbonyl (C=O) groups is 1. The predicted molar refractivity (Wildman–Crippen MR) is 92.8 cm³/mol. The Morgan fingerprint density at radius 2 is 2.09 bits per heavy atom. The maximum Gasteiger partial charge on any atom is 0.212 e. The van der Waals surface area contributed by atoms with Gasteiger partial charge in [0.1, 0.15) is 11.6 Å². The Balaban J connectivity index is 2.50. The lowest BCUT2D eigenvalue weighted by Gasteiger charge is -2.12. The fourth-order valence-electron chi connectivity index (χ4n) is 2.22. The third kappa shape index (κ3) is 3.83. The minimum absolute atomic E-state index is 0.498. The zero-order valence-electron chi connectivity index (χ0n) is 13.2. The van der Waals surface area contributed by atoms with Gasteiger partial charge in [-0.25, -0.2) is 4.98 Å². The second-order valence-electron chi connectivity index (χ2n) is 4.65. The molecule has 1 N–H and O–H groups in total. The molecule has 0 aliphatic heterocycles. The number of nitrogens with zero attached hydrogens (tertiary/aromatic N) is 2. The Morgan fingerprint density at radius 1 is 1.30 bits per heavy atom. The monoisotopic (exact) mass is 309 g/mol. The number of pyridine rings is 2. The SMILES string of the molecule is C=C/C=C(OCC)\C(=C/C)c1cc2cc(NC=O)ncc2cn1. The van der Waals surface area contributed by atoms with E-state index in [9.17, 15) is 4.79 Å². The molecule has 0 fully saturated rings. The van der Waals surface area contributed by atoms with E-state index in [1.807, 2.05) is 32.1 Å². The van der Waals surface area contributed by atoms with E-state index in [2.05, 4.69) is 21.9 Å². The quantitative estimate of drug-likeness (QED) is 0.481. The number of hydrogen-bond acceptors (Lipinski definition) is 4. The first-order valence-electron chi connectivity index (χ1n) is 7.32. The van der Waals surface area contributed by atoms with Crippen molar-refractivity contribution in [1.29, 1.82) is 0 Å². The van der Waals surface area contributed by atoms with Crippen LogP contribution in [0.2, 0.25) is 0 Å². The van der Waals surface area contributed by atoms with Gasteiger partial charge in [0.25, 0.3) is 0 Å². The first-order chi connectivity index (χ1) is 11.2. The number of anilines is 1. The van der Waals surface area contributed by atoms with Crippen LogP contribution >= 0.6 is 0 Å². The Labute approximate surface area is 135 Å². The van der Waals surface area contributed by atoms with Crippen molar-refractivity contribution in [1.82, 2.24) is 9.97 Å². The molecule has 2 rings (SSSR count). The Kier molecular flexibility index (Phi) is 5.63. The summed E-state index contributed by atoms with van der Waals surface area (Å²) in [4.78, 5) is 19.2. The summed E-state index contributed by atoms with van der Waals surface area (Å²) >= 11 is 0. The largest absolute Gasteiger partial charge is 0.493 e. The van der Waals surface area contributed by atoms with Crippen LogP contribution in [0.4, 0.5) is 5.82 Å². The van der Waals surface area contributed by atoms with E-state index in [1.54, 1.807) is 24.5 Å². The molecule has 118 valence electrons. The summed E-state index contributed by atoms with van der Waals surface area (Å²) in [5.41, 5.74) is 1.67. The molecule has 0 aromatic carbocycles. The van der Waals surface area contributed by atoms with Gasteiger partial charge in [-0.2, -0.15) is 0 Å². The molecule has 2 aromatic heterocycles. The van der Waals surface area contributed by atoms with Crippen LogP contribution in [-0.2, 0) is 9.53 Å². The zero-order valence-corrected chi connectivity index (χ0v) is 13.2. The lowest BCUT2D eigenvalue weighted by Crippen LogP contribution is -1.99. The van der Waals surface area contributed by atoms with Crippen LogP contribution in [0, 0.1) is 0 Å². The summed E-state index contributed by atoms with van der Waals surface area (Å²) in [5, 5.41) is 4.38. The summed E-state index contributed by atoms with van der Waals surface area (Å²) in [5.74, 6) is 1.22. The molecule has 1 amide bonds. The highest BCUT2D eigenvalue weighted by molar-refractivity contribution is 5.88. The van der Waals surface area contributed by atoms with Crippen molar-refractivity contribution < 1.29 is 9.53 Å². The smallest absolute Gasteiger partial charge is 0.212 e. The van der Waals surface area contributed by atoms with Crippen LogP contribution in [-0.4, -0.2) is 23.0 Å². The summed E-state index contributed by atoms with van der Waals surface area (Å²) in [6.45, 7) is 8.14. The molecule has 5 nitrogen and oxygen atoms in total. The molecule has 0 spiro atoms. The number of hydrogen-bond donors (Lipinski definition) is 1. The van der Waals surface area contributed by atoms with Crippen molar-refractivity contribution >= 4 is 28.6 Å². The molecular formula is C18H19N3O2. The number of fused-ring (bicyclic) bond motifs is 1. The molecule has 23 heavy (non-hydrogen) atoms. The number of amides is 1. The standard InChI is InChI=1S/C18H19N3O2/c1-4-7-17(23-6-3)15(5-2)16-8-13-9-18(21-12-22)20-11-14(13)10-19-16/h4-5,7-12H,1,6H2,2-3H3,(H,20,21,22)/b15-5-,17-7+. The maximum absolute atomic E-state index is 10.6. The predicted octanol–water partition coefficient (Wildman–Crippen LogP) is 3.71. The van der Waals surface area contributed by atoms with E-state index < -0.39 is 0 Å². The lowest BCUT2D eigenvalue weighted by molar-refractivity contribution is -0.105. The van der Waals surface area contributed by atoms with Gasteiger partial charge in [-0.1, -0.05) is 18.7 Å². The molecule has 0 unspecified atom stereocenters. The van der Waals surface area contributed by atoms with Crippen LogP contribution in [0.25, 0.3) is 16.3 Å². The van der Waals surface area contributed by atoms with Crippen molar-refractivity contribution in [3.8, 4) is 0 Å². The van der Waals surface area contributed by atoms with Gasteiger partial charge in [-0.3, -0.25) is 9.78 Å². The fraction of sp³-hybridized carbons (Fsp3) is 0.167. The highest BCUT2D eigenvalue weighted by atomic mass is 16.5. The number of ether oxygens (including phenoxy) is 1. The normalized spacial score (nSPS) is 12.1. The minimum atomic E-state index is 0.498. The first kappa shape index (κ1) is 16.4. The van der Waals surface area contributed by atoms with Gasteiger partial charge in [-0.15, -0.1) is 0 Å². The van der Waals surface area contributed by atoms with Crippen molar-refractivity contribution in [3.63, 3.8) is 0 Å². The van der Waals surface area contributed by atoms with Crippen LogP contribution < -0.4 is 5.32 Å². The minimum Gasteiger partial charge on any atom is -0.493 e. The molecule has 0 atom stereocenters. The third-order valence-corrected chi connectivity index (χ3v) is 3.21. The Bertz CT molecular complexity index is 779.